The SMILES string of the molecule is CC(C)(Cc1ccc(C2CCSC2)c(Br)c1)C(=O)O. The highest BCUT2D eigenvalue weighted by Crippen LogP contribution is 2.37. The van der Waals surface area contributed by atoms with Gasteiger partial charge in [0.1, 0.15) is 0 Å². The Labute approximate surface area is 127 Å². The first-order valence-electron chi connectivity index (χ1n) is 6.49. The van der Waals surface area contributed by atoms with E-state index in [2.05, 4.69) is 34.1 Å². The molecule has 1 N–H and O–H groups in total. The van der Waals surface area contributed by atoms with Gasteiger partial charge in [-0.3, -0.25) is 4.79 Å². The molecule has 1 aromatic rings. The summed E-state index contributed by atoms with van der Waals surface area (Å²) >= 11 is 5.65. The van der Waals surface area contributed by atoms with Crippen LogP contribution in [0.15, 0.2) is 22.7 Å². The van der Waals surface area contributed by atoms with Crippen molar-refractivity contribution < 1.29 is 9.90 Å². The molecule has 104 valence electrons. The number of hydrogen-bond acceptors (Lipinski definition) is 2. The zero-order chi connectivity index (χ0) is 14.0. The number of rotatable bonds is 4. The molecule has 1 heterocycles. The van der Waals surface area contributed by atoms with E-state index < -0.39 is 11.4 Å². The summed E-state index contributed by atoms with van der Waals surface area (Å²) in [5.74, 6) is 2.32. The largest absolute Gasteiger partial charge is 0.481 e. The Hall–Kier alpha value is -0.480. The Kier molecular flexibility index (Phi) is 4.62. The Bertz CT molecular complexity index is 479. The highest BCUT2D eigenvalue weighted by molar-refractivity contribution is 9.10. The van der Waals surface area contributed by atoms with Gasteiger partial charge in [0.2, 0.25) is 0 Å². The molecule has 0 aliphatic carbocycles. The molecular weight excluding hydrogens is 324 g/mol. The van der Waals surface area contributed by atoms with Gasteiger partial charge in [0.15, 0.2) is 0 Å². The van der Waals surface area contributed by atoms with Crippen molar-refractivity contribution in [2.24, 2.45) is 5.41 Å². The van der Waals surface area contributed by atoms with Gasteiger partial charge in [-0.15, -0.1) is 0 Å². The molecule has 1 aliphatic heterocycles. The predicted octanol–water partition coefficient (Wildman–Crippen LogP) is 4.32. The molecule has 0 saturated carbocycles. The van der Waals surface area contributed by atoms with Crippen LogP contribution in [0.2, 0.25) is 0 Å². The molecule has 19 heavy (non-hydrogen) atoms. The number of carbonyl (C=O) groups is 1. The first-order chi connectivity index (χ1) is 8.90. The lowest BCUT2D eigenvalue weighted by atomic mass is 9.85. The maximum Gasteiger partial charge on any atom is 0.309 e. The van der Waals surface area contributed by atoms with E-state index in [1.54, 1.807) is 13.8 Å². The molecule has 0 bridgehead atoms. The molecule has 1 saturated heterocycles. The second kappa shape index (κ2) is 5.88. The average Bonchev–Trinajstić information content (AvgIpc) is 2.81. The van der Waals surface area contributed by atoms with Crippen LogP contribution in [0.4, 0.5) is 0 Å². The molecule has 2 nitrogen and oxygen atoms in total. The molecule has 1 aromatic carbocycles. The van der Waals surface area contributed by atoms with Crippen molar-refractivity contribution in [3.8, 4) is 0 Å². The number of carboxylic acids is 1. The first kappa shape index (κ1) is 14.9. The van der Waals surface area contributed by atoms with E-state index in [1.807, 2.05) is 11.8 Å². The molecular formula is C15H19BrO2S. The minimum Gasteiger partial charge on any atom is -0.481 e. The molecule has 4 heteroatoms. The average molecular weight is 343 g/mol. The Morgan fingerprint density at radius 1 is 1.53 bits per heavy atom. The van der Waals surface area contributed by atoms with Crippen molar-refractivity contribution >= 4 is 33.7 Å². The third-order valence-corrected chi connectivity index (χ3v) is 5.51. The van der Waals surface area contributed by atoms with Gasteiger partial charge in [0.25, 0.3) is 0 Å². The lowest BCUT2D eigenvalue weighted by Gasteiger charge is -2.20. The first-order valence-corrected chi connectivity index (χ1v) is 8.44. The standard InChI is InChI=1S/C15H19BrO2S/c1-15(2,14(17)18)8-10-3-4-12(13(16)7-10)11-5-6-19-9-11/h3-4,7,11H,5-6,8-9H2,1-2H3,(H,17,18). The molecule has 1 aliphatic rings. The van der Waals surface area contributed by atoms with Gasteiger partial charge in [-0.05, 0) is 55.6 Å². The number of carboxylic acid groups (broad SMARTS) is 1. The van der Waals surface area contributed by atoms with Crippen molar-refractivity contribution in [1.29, 1.82) is 0 Å². The van der Waals surface area contributed by atoms with Crippen LogP contribution in [-0.2, 0) is 11.2 Å². The van der Waals surface area contributed by atoms with Gasteiger partial charge < -0.3 is 5.11 Å². The van der Waals surface area contributed by atoms with Gasteiger partial charge in [-0.2, -0.15) is 11.8 Å². The molecule has 1 fully saturated rings. The van der Waals surface area contributed by atoms with E-state index in [0.717, 1.165) is 10.0 Å². The normalized spacial score (nSPS) is 19.6. The van der Waals surface area contributed by atoms with Gasteiger partial charge in [-0.1, -0.05) is 28.1 Å². The van der Waals surface area contributed by atoms with Crippen molar-refractivity contribution in [2.75, 3.05) is 11.5 Å². The summed E-state index contributed by atoms with van der Waals surface area (Å²) in [5, 5.41) is 9.18. The fourth-order valence-electron chi connectivity index (χ4n) is 2.38. The van der Waals surface area contributed by atoms with Crippen LogP contribution in [0.1, 0.15) is 37.3 Å². The summed E-state index contributed by atoms with van der Waals surface area (Å²) in [4.78, 5) is 11.2. The van der Waals surface area contributed by atoms with Crippen LogP contribution in [0.3, 0.4) is 0 Å². The van der Waals surface area contributed by atoms with Crippen molar-refractivity contribution in [2.45, 2.75) is 32.6 Å². The molecule has 0 spiro atoms. The van der Waals surface area contributed by atoms with Gasteiger partial charge >= 0.3 is 5.97 Å². The Balaban J connectivity index is 2.17. The summed E-state index contributed by atoms with van der Waals surface area (Å²) in [6.45, 7) is 3.54. The summed E-state index contributed by atoms with van der Waals surface area (Å²) in [7, 11) is 0. The lowest BCUT2D eigenvalue weighted by molar-refractivity contribution is -0.146. The summed E-state index contributed by atoms with van der Waals surface area (Å²) in [5.41, 5.74) is 1.72. The maximum absolute atomic E-state index is 11.2. The fourth-order valence-corrected chi connectivity index (χ4v) is 4.38. The van der Waals surface area contributed by atoms with E-state index in [9.17, 15) is 9.90 Å². The van der Waals surface area contributed by atoms with Crippen molar-refractivity contribution in [3.63, 3.8) is 0 Å². The van der Waals surface area contributed by atoms with Gasteiger partial charge in [0.05, 0.1) is 5.41 Å². The molecule has 1 atom stereocenters. The number of thioether (sulfide) groups is 1. The highest BCUT2D eigenvalue weighted by Gasteiger charge is 2.28. The monoisotopic (exact) mass is 342 g/mol. The fraction of sp³-hybridized carbons (Fsp3) is 0.533. The van der Waals surface area contributed by atoms with Crippen LogP contribution < -0.4 is 0 Å². The Morgan fingerprint density at radius 3 is 2.79 bits per heavy atom. The van der Waals surface area contributed by atoms with Gasteiger partial charge in [0, 0.05) is 10.2 Å². The maximum atomic E-state index is 11.2. The number of aliphatic carboxylic acids is 1. The lowest BCUT2D eigenvalue weighted by Crippen LogP contribution is -2.26. The Morgan fingerprint density at radius 2 is 2.26 bits per heavy atom. The minimum atomic E-state index is -0.750. The van der Waals surface area contributed by atoms with Crippen LogP contribution in [0.25, 0.3) is 0 Å². The second-order valence-corrected chi connectivity index (χ2v) is 7.79. The third kappa shape index (κ3) is 3.54. The second-order valence-electron chi connectivity index (χ2n) is 5.78. The van der Waals surface area contributed by atoms with Crippen LogP contribution in [0, 0.1) is 5.41 Å². The van der Waals surface area contributed by atoms with E-state index in [4.69, 9.17) is 0 Å². The quantitative estimate of drug-likeness (QED) is 0.885. The molecule has 0 aromatic heterocycles. The molecule has 1 unspecified atom stereocenters. The highest BCUT2D eigenvalue weighted by atomic mass is 79.9. The number of benzene rings is 1. The van der Waals surface area contributed by atoms with Crippen LogP contribution in [0.5, 0.6) is 0 Å². The van der Waals surface area contributed by atoms with E-state index in [-0.39, 0.29) is 0 Å². The van der Waals surface area contributed by atoms with Crippen molar-refractivity contribution in [3.05, 3.63) is 33.8 Å². The number of halogens is 1. The zero-order valence-corrected chi connectivity index (χ0v) is 13.7. The predicted molar refractivity (Wildman–Crippen MR) is 83.9 cm³/mol. The summed E-state index contributed by atoms with van der Waals surface area (Å²) in [6, 6.07) is 6.32. The zero-order valence-electron chi connectivity index (χ0n) is 11.3. The van der Waals surface area contributed by atoms with Crippen LogP contribution in [-0.4, -0.2) is 22.6 Å². The van der Waals surface area contributed by atoms with Crippen LogP contribution >= 0.6 is 27.7 Å². The minimum absolute atomic E-state index is 0.556. The van der Waals surface area contributed by atoms with E-state index in [1.165, 1.54) is 23.5 Å². The third-order valence-electron chi connectivity index (χ3n) is 3.66. The number of hydrogen-bond donors (Lipinski definition) is 1. The van der Waals surface area contributed by atoms with E-state index >= 15 is 0 Å². The summed E-state index contributed by atoms with van der Waals surface area (Å²) < 4.78 is 1.12. The van der Waals surface area contributed by atoms with Gasteiger partial charge in [-0.25, -0.2) is 0 Å². The van der Waals surface area contributed by atoms with E-state index in [0.29, 0.717) is 12.3 Å². The van der Waals surface area contributed by atoms with Crippen molar-refractivity contribution in [1.82, 2.24) is 0 Å². The summed E-state index contributed by atoms with van der Waals surface area (Å²) in [6.07, 6.45) is 1.80. The molecule has 2 rings (SSSR count). The molecule has 0 amide bonds. The smallest absolute Gasteiger partial charge is 0.309 e. The molecule has 0 radical (unpaired) electrons. The topological polar surface area (TPSA) is 37.3 Å².